The number of hydrogen-bond acceptors (Lipinski definition) is 5. The van der Waals surface area contributed by atoms with Gasteiger partial charge in [0.1, 0.15) is 5.60 Å². The summed E-state index contributed by atoms with van der Waals surface area (Å²) in [6, 6.07) is 1.52. The largest absolute Gasteiger partial charge is 0.444 e. The SMILES string of the molecule is CC(C)(C)OC(=O)N[C@@H](CC1CCOCC1)c1ncc(Br)cc1CO. The van der Waals surface area contributed by atoms with E-state index in [0.29, 0.717) is 17.2 Å². The van der Waals surface area contributed by atoms with E-state index < -0.39 is 11.7 Å². The zero-order valence-electron chi connectivity index (χ0n) is 15.0. The molecule has 1 saturated heterocycles. The summed E-state index contributed by atoms with van der Waals surface area (Å²) in [7, 11) is 0. The first kappa shape index (κ1) is 20.1. The summed E-state index contributed by atoms with van der Waals surface area (Å²) >= 11 is 3.37. The Morgan fingerprint density at radius 3 is 2.76 bits per heavy atom. The number of rotatable bonds is 5. The van der Waals surface area contributed by atoms with Gasteiger partial charge in [-0.05, 0) is 67.9 Å². The normalized spacial score (nSPS) is 17.2. The topological polar surface area (TPSA) is 80.7 Å². The fraction of sp³-hybridized carbons (Fsp3) is 0.667. The van der Waals surface area contributed by atoms with Gasteiger partial charge in [-0.2, -0.15) is 0 Å². The first-order valence-electron chi connectivity index (χ1n) is 8.61. The van der Waals surface area contributed by atoms with Crippen LogP contribution in [-0.4, -0.2) is 35.0 Å². The molecular formula is C18H27BrN2O4. The van der Waals surface area contributed by atoms with Crippen LogP contribution in [0.5, 0.6) is 0 Å². The van der Waals surface area contributed by atoms with Crippen LogP contribution in [-0.2, 0) is 16.1 Å². The van der Waals surface area contributed by atoms with Crippen LogP contribution in [0, 0.1) is 5.92 Å². The second kappa shape index (κ2) is 8.96. The van der Waals surface area contributed by atoms with E-state index in [2.05, 4.69) is 26.2 Å². The molecule has 1 aliphatic heterocycles. The van der Waals surface area contributed by atoms with Crippen LogP contribution in [0.1, 0.15) is 57.3 Å². The first-order chi connectivity index (χ1) is 11.8. The molecule has 2 N–H and O–H groups in total. The Hall–Kier alpha value is -1.18. The number of amides is 1. The molecule has 6 nitrogen and oxygen atoms in total. The average Bonchev–Trinajstić information content (AvgIpc) is 2.53. The minimum Gasteiger partial charge on any atom is -0.444 e. The molecule has 0 spiro atoms. The third kappa shape index (κ3) is 6.56. The molecule has 1 aliphatic rings. The number of hydrogen-bond donors (Lipinski definition) is 2. The maximum absolute atomic E-state index is 12.3. The van der Waals surface area contributed by atoms with Gasteiger partial charge in [-0.15, -0.1) is 0 Å². The zero-order valence-corrected chi connectivity index (χ0v) is 16.6. The van der Waals surface area contributed by atoms with E-state index in [1.165, 1.54) is 0 Å². The number of aliphatic hydroxyl groups excluding tert-OH is 1. The Bertz CT molecular complexity index is 583. The Morgan fingerprint density at radius 2 is 2.16 bits per heavy atom. The zero-order chi connectivity index (χ0) is 18.4. The fourth-order valence-electron chi connectivity index (χ4n) is 2.94. The summed E-state index contributed by atoms with van der Waals surface area (Å²) in [4.78, 5) is 16.7. The second-order valence-corrected chi connectivity index (χ2v) is 8.26. The molecular weight excluding hydrogens is 388 g/mol. The summed E-state index contributed by atoms with van der Waals surface area (Å²) in [5.74, 6) is 0.436. The molecule has 140 valence electrons. The summed E-state index contributed by atoms with van der Waals surface area (Å²) in [6.07, 6.45) is 3.86. The number of aromatic nitrogens is 1. The molecule has 2 heterocycles. The lowest BCUT2D eigenvalue weighted by atomic mass is 9.90. The quantitative estimate of drug-likeness (QED) is 0.766. The van der Waals surface area contributed by atoms with Gasteiger partial charge in [0.05, 0.1) is 18.3 Å². The van der Waals surface area contributed by atoms with E-state index in [9.17, 15) is 9.90 Å². The van der Waals surface area contributed by atoms with Gasteiger partial charge in [-0.25, -0.2) is 4.79 Å². The van der Waals surface area contributed by atoms with Crippen molar-refractivity contribution in [1.29, 1.82) is 0 Å². The van der Waals surface area contributed by atoms with Crippen molar-refractivity contribution in [3.05, 3.63) is 28.0 Å². The lowest BCUT2D eigenvalue weighted by Crippen LogP contribution is -2.37. The highest BCUT2D eigenvalue weighted by Gasteiger charge is 2.27. The molecule has 7 heteroatoms. The summed E-state index contributed by atoms with van der Waals surface area (Å²) in [5, 5.41) is 12.6. The molecule has 0 bridgehead atoms. The lowest BCUT2D eigenvalue weighted by molar-refractivity contribution is 0.0448. The number of alkyl carbamates (subject to hydrolysis) is 1. The van der Waals surface area contributed by atoms with Gasteiger partial charge in [0, 0.05) is 29.4 Å². The van der Waals surface area contributed by atoms with E-state index in [1.807, 2.05) is 26.8 Å². The molecule has 1 amide bonds. The van der Waals surface area contributed by atoms with Gasteiger partial charge >= 0.3 is 6.09 Å². The maximum Gasteiger partial charge on any atom is 0.408 e. The lowest BCUT2D eigenvalue weighted by Gasteiger charge is -2.29. The van der Waals surface area contributed by atoms with Gasteiger partial charge in [-0.1, -0.05) is 0 Å². The van der Waals surface area contributed by atoms with Crippen LogP contribution in [0.4, 0.5) is 4.79 Å². The van der Waals surface area contributed by atoms with E-state index in [0.717, 1.165) is 36.9 Å². The Kier molecular flexibility index (Phi) is 7.22. The van der Waals surface area contributed by atoms with Crippen molar-refractivity contribution in [3.63, 3.8) is 0 Å². The van der Waals surface area contributed by atoms with Gasteiger partial charge in [0.15, 0.2) is 0 Å². The van der Waals surface area contributed by atoms with Crippen LogP contribution in [0.3, 0.4) is 0 Å². The first-order valence-corrected chi connectivity index (χ1v) is 9.40. The van der Waals surface area contributed by atoms with Crippen LogP contribution in [0.15, 0.2) is 16.7 Å². The van der Waals surface area contributed by atoms with E-state index in [4.69, 9.17) is 9.47 Å². The van der Waals surface area contributed by atoms with Gasteiger partial charge in [-0.3, -0.25) is 4.98 Å². The third-order valence-electron chi connectivity index (χ3n) is 4.07. The van der Waals surface area contributed by atoms with Gasteiger partial charge in [0.25, 0.3) is 0 Å². The molecule has 0 radical (unpaired) electrons. The number of halogens is 1. The van der Waals surface area contributed by atoms with Crippen molar-refractivity contribution < 1.29 is 19.4 Å². The molecule has 1 aromatic heterocycles. The predicted octanol–water partition coefficient (Wildman–Crippen LogP) is 3.72. The van der Waals surface area contributed by atoms with Crippen molar-refractivity contribution in [1.82, 2.24) is 10.3 Å². The second-order valence-electron chi connectivity index (χ2n) is 7.35. The summed E-state index contributed by atoms with van der Waals surface area (Å²) in [6.45, 7) is 6.84. The number of nitrogens with one attached hydrogen (secondary N) is 1. The maximum atomic E-state index is 12.3. The van der Waals surface area contributed by atoms with Crippen molar-refractivity contribution in [2.75, 3.05) is 13.2 Å². The minimum atomic E-state index is -0.569. The number of nitrogens with zero attached hydrogens (tertiary/aromatic N) is 1. The van der Waals surface area contributed by atoms with Crippen molar-refractivity contribution in [2.45, 2.75) is 58.3 Å². The van der Waals surface area contributed by atoms with E-state index in [-0.39, 0.29) is 12.6 Å². The van der Waals surface area contributed by atoms with Crippen LogP contribution >= 0.6 is 15.9 Å². The molecule has 25 heavy (non-hydrogen) atoms. The number of ether oxygens (including phenoxy) is 2. The van der Waals surface area contributed by atoms with Crippen molar-refractivity contribution in [3.8, 4) is 0 Å². The molecule has 0 aliphatic carbocycles. The number of pyridine rings is 1. The molecule has 0 aromatic carbocycles. The monoisotopic (exact) mass is 414 g/mol. The number of carbonyl (C=O) groups is 1. The highest BCUT2D eigenvalue weighted by Crippen LogP contribution is 2.30. The standard InChI is InChI=1S/C18H27BrN2O4/c1-18(2,3)25-17(23)21-15(8-12-4-6-24-7-5-12)16-13(11-22)9-14(19)10-20-16/h9-10,12,15,22H,4-8,11H2,1-3H3,(H,21,23)/t15-/m0/s1. The average molecular weight is 415 g/mol. The fourth-order valence-corrected chi connectivity index (χ4v) is 3.32. The third-order valence-corrected chi connectivity index (χ3v) is 4.50. The molecule has 1 atom stereocenters. The minimum absolute atomic E-state index is 0.137. The summed E-state index contributed by atoms with van der Waals surface area (Å²) < 4.78 is 11.6. The summed E-state index contributed by atoms with van der Waals surface area (Å²) in [5.41, 5.74) is 0.811. The Labute approximate surface area is 157 Å². The van der Waals surface area contributed by atoms with Gasteiger partial charge < -0.3 is 19.9 Å². The Balaban J connectivity index is 2.20. The highest BCUT2D eigenvalue weighted by molar-refractivity contribution is 9.10. The molecule has 0 unspecified atom stereocenters. The molecule has 2 rings (SSSR count). The van der Waals surface area contributed by atoms with Crippen LogP contribution in [0.2, 0.25) is 0 Å². The van der Waals surface area contributed by atoms with Gasteiger partial charge in [0.2, 0.25) is 0 Å². The molecule has 0 saturated carbocycles. The van der Waals surface area contributed by atoms with Crippen LogP contribution < -0.4 is 5.32 Å². The van der Waals surface area contributed by atoms with Crippen LogP contribution in [0.25, 0.3) is 0 Å². The molecule has 1 aromatic rings. The Morgan fingerprint density at radius 1 is 1.48 bits per heavy atom. The highest BCUT2D eigenvalue weighted by atomic mass is 79.9. The van der Waals surface area contributed by atoms with Crippen molar-refractivity contribution in [2.24, 2.45) is 5.92 Å². The predicted molar refractivity (Wildman–Crippen MR) is 98.1 cm³/mol. The smallest absolute Gasteiger partial charge is 0.408 e. The number of carbonyl (C=O) groups excluding carboxylic acids is 1. The van der Waals surface area contributed by atoms with Crippen molar-refractivity contribution >= 4 is 22.0 Å². The number of aliphatic hydroxyl groups is 1. The molecule has 1 fully saturated rings. The van der Waals surface area contributed by atoms with E-state index in [1.54, 1.807) is 6.20 Å². The van der Waals surface area contributed by atoms with E-state index >= 15 is 0 Å².